The molecule has 1 fully saturated rings. The van der Waals surface area contributed by atoms with Crippen LogP contribution in [0.2, 0.25) is 0 Å². The van der Waals surface area contributed by atoms with Crippen molar-refractivity contribution in [3.63, 3.8) is 0 Å². The van der Waals surface area contributed by atoms with Crippen LogP contribution >= 0.6 is 0 Å². The quantitative estimate of drug-likeness (QED) is 0.782. The van der Waals surface area contributed by atoms with Gasteiger partial charge in [-0.15, -0.1) is 0 Å². The van der Waals surface area contributed by atoms with Crippen LogP contribution < -0.4 is 10.1 Å². The van der Waals surface area contributed by atoms with E-state index >= 15 is 0 Å². The van der Waals surface area contributed by atoms with Gasteiger partial charge in [0.25, 0.3) is 0 Å². The van der Waals surface area contributed by atoms with E-state index in [1.165, 1.54) is 0 Å². The molecule has 82 valence electrons. The predicted octanol–water partition coefficient (Wildman–Crippen LogP) is 1.18. The van der Waals surface area contributed by atoms with Crippen molar-refractivity contribution in [2.24, 2.45) is 0 Å². The largest absolute Gasteiger partial charge is 0.488 e. The molecule has 0 spiro atoms. The van der Waals surface area contributed by atoms with E-state index in [1.54, 1.807) is 0 Å². The summed E-state index contributed by atoms with van der Waals surface area (Å²) >= 11 is 0. The highest BCUT2D eigenvalue weighted by molar-refractivity contribution is 5.21. The van der Waals surface area contributed by atoms with Gasteiger partial charge < -0.3 is 15.2 Å². The second kappa shape index (κ2) is 4.64. The molecule has 15 heavy (non-hydrogen) atoms. The zero-order chi connectivity index (χ0) is 10.7. The van der Waals surface area contributed by atoms with E-state index in [-0.39, 0.29) is 12.1 Å². The molecule has 0 bridgehead atoms. The minimum Gasteiger partial charge on any atom is -0.488 e. The maximum atomic E-state index is 9.92. The topological polar surface area (TPSA) is 41.5 Å². The maximum absolute atomic E-state index is 9.92. The molecular formula is C12H17NO2. The number of para-hydroxylation sites is 1. The van der Waals surface area contributed by atoms with E-state index in [1.807, 2.05) is 37.4 Å². The van der Waals surface area contributed by atoms with Crippen LogP contribution in [0, 0.1) is 0 Å². The van der Waals surface area contributed by atoms with Crippen LogP contribution in [0.5, 0.6) is 5.75 Å². The molecule has 2 N–H and O–H groups in total. The summed E-state index contributed by atoms with van der Waals surface area (Å²) in [5, 5.41) is 13.0. The summed E-state index contributed by atoms with van der Waals surface area (Å²) in [7, 11) is 1.87. The van der Waals surface area contributed by atoms with Gasteiger partial charge in [-0.1, -0.05) is 18.2 Å². The van der Waals surface area contributed by atoms with E-state index in [0.29, 0.717) is 0 Å². The zero-order valence-electron chi connectivity index (χ0n) is 8.89. The van der Waals surface area contributed by atoms with Gasteiger partial charge in [0, 0.05) is 6.04 Å². The molecule has 0 radical (unpaired) electrons. The standard InChI is InChI=1S/C12H17NO2/c1-13-10-7-8-11(12(10)14)15-9-5-3-2-4-6-9/h2-6,10-14H,7-8H2,1H3/t10-,11-,12-/m1/s1. The summed E-state index contributed by atoms with van der Waals surface area (Å²) in [5.74, 6) is 0.832. The van der Waals surface area contributed by atoms with Gasteiger partial charge in [-0.05, 0) is 32.0 Å². The Morgan fingerprint density at radius 2 is 2.00 bits per heavy atom. The first kappa shape index (κ1) is 10.5. The molecule has 0 unspecified atom stereocenters. The number of hydrogen-bond acceptors (Lipinski definition) is 3. The molecule has 0 heterocycles. The Bertz CT molecular complexity index is 302. The lowest BCUT2D eigenvalue weighted by atomic mass is 10.2. The van der Waals surface area contributed by atoms with Crippen LogP contribution in [0.4, 0.5) is 0 Å². The lowest BCUT2D eigenvalue weighted by Crippen LogP contribution is -2.39. The third-order valence-corrected chi connectivity index (χ3v) is 2.96. The molecule has 1 aliphatic rings. The Balaban J connectivity index is 1.96. The smallest absolute Gasteiger partial charge is 0.126 e. The summed E-state index contributed by atoms with van der Waals surface area (Å²) in [6.45, 7) is 0. The van der Waals surface area contributed by atoms with Gasteiger partial charge in [0.05, 0.1) is 0 Å². The van der Waals surface area contributed by atoms with Crippen LogP contribution in [0.25, 0.3) is 0 Å². The second-order valence-corrected chi connectivity index (χ2v) is 3.93. The van der Waals surface area contributed by atoms with Crippen molar-refractivity contribution < 1.29 is 9.84 Å². The number of benzene rings is 1. The summed E-state index contributed by atoms with van der Waals surface area (Å²) in [4.78, 5) is 0. The SMILES string of the molecule is CN[C@@H]1CC[C@@H](Oc2ccccc2)[C@@H]1O. The molecule has 1 aromatic rings. The molecule has 1 aliphatic carbocycles. The van der Waals surface area contributed by atoms with E-state index in [0.717, 1.165) is 18.6 Å². The minimum absolute atomic E-state index is 0.0788. The fraction of sp³-hybridized carbons (Fsp3) is 0.500. The third kappa shape index (κ3) is 2.30. The molecule has 0 amide bonds. The molecule has 0 aliphatic heterocycles. The van der Waals surface area contributed by atoms with Gasteiger partial charge in [0.2, 0.25) is 0 Å². The zero-order valence-corrected chi connectivity index (χ0v) is 8.89. The Hall–Kier alpha value is -1.06. The van der Waals surface area contributed by atoms with Gasteiger partial charge in [-0.3, -0.25) is 0 Å². The number of aliphatic hydroxyl groups is 1. The first-order valence-electron chi connectivity index (χ1n) is 5.38. The lowest BCUT2D eigenvalue weighted by molar-refractivity contribution is 0.0467. The van der Waals surface area contributed by atoms with Gasteiger partial charge in [0.1, 0.15) is 18.0 Å². The number of hydrogen-bond donors (Lipinski definition) is 2. The number of ether oxygens (including phenoxy) is 1. The second-order valence-electron chi connectivity index (χ2n) is 3.93. The van der Waals surface area contributed by atoms with Crippen molar-refractivity contribution in [1.29, 1.82) is 0 Å². The van der Waals surface area contributed by atoms with Gasteiger partial charge in [0.15, 0.2) is 0 Å². The molecule has 1 aromatic carbocycles. The fourth-order valence-electron chi connectivity index (χ4n) is 2.06. The first-order valence-corrected chi connectivity index (χ1v) is 5.38. The lowest BCUT2D eigenvalue weighted by Gasteiger charge is -2.20. The molecule has 0 aromatic heterocycles. The van der Waals surface area contributed by atoms with Crippen LogP contribution in [-0.4, -0.2) is 30.4 Å². The summed E-state index contributed by atoms with van der Waals surface area (Å²) in [6.07, 6.45) is 1.39. The van der Waals surface area contributed by atoms with Crippen molar-refractivity contribution in [2.75, 3.05) is 7.05 Å². The van der Waals surface area contributed by atoms with E-state index in [2.05, 4.69) is 5.32 Å². The highest BCUT2D eigenvalue weighted by Crippen LogP contribution is 2.24. The molecule has 3 atom stereocenters. The summed E-state index contributed by atoms with van der Waals surface area (Å²) < 4.78 is 5.73. The Labute approximate surface area is 90.1 Å². The van der Waals surface area contributed by atoms with Crippen molar-refractivity contribution in [3.05, 3.63) is 30.3 Å². The van der Waals surface area contributed by atoms with Crippen LogP contribution in [0.15, 0.2) is 30.3 Å². The van der Waals surface area contributed by atoms with E-state index in [4.69, 9.17) is 4.74 Å². The van der Waals surface area contributed by atoms with E-state index in [9.17, 15) is 5.11 Å². The Morgan fingerprint density at radius 3 is 2.60 bits per heavy atom. The molecule has 2 rings (SSSR count). The fourth-order valence-corrected chi connectivity index (χ4v) is 2.06. The van der Waals surface area contributed by atoms with E-state index < -0.39 is 6.10 Å². The highest BCUT2D eigenvalue weighted by Gasteiger charge is 2.35. The molecular weight excluding hydrogens is 190 g/mol. The van der Waals surface area contributed by atoms with Crippen molar-refractivity contribution in [3.8, 4) is 5.75 Å². The van der Waals surface area contributed by atoms with Crippen LogP contribution in [0.1, 0.15) is 12.8 Å². The Morgan fingerprint density at radius 1 is 1.27 bits per heavy atom. The molecule has 0 saturated heterocycles. The number of aliphatic hydroxyl groups excluding tert-OH is 1. The predicted molar refractivity (Wildman–Crippen MR) is 58.9 cm³/mol. The summed E-state index contributed by atoms with van der Waals surface area (Å²) in [6, 6.07) is 9.82. The van der Waals surface area contributed by atoms with Crippen LogP contribution in [0.3, 0.4) is 0 Å². The maximum Gasteiger partial charge on any atom is 0.126 e. The Kier molecular flexibility index (Phi) is 3.23. The first-order chi connectivity index (χ1) is 7.31. The van der Waals surface area contributed by atoms with Crippen molar-refractivity contribution >= 4 is 0 Å². The van der Waals surface area contributed by atoms with Crippen molar-refractivity contribution in [1.82, 2.24) is 5.32 Å². The van der Waals surface area contributed by atoms with Crippen molar-refractivity contribution in [2.45, 2.75) is 31.1 Å². The number of rotatable bonds is 3. The van der Waals surface area contributed by atoms with Gasteiger partial charge >= 0.3 is 0 Å². The summed E-state index contributed by atoms with van der Waals surface area (Å²) in [5.41, 5.74) is 0. The average Bonchev–Trinajstić information content (AvgIpc) is 2.62. The normalized spacial score (nSPS) is 30.4. The molecule has 3 nitrogen and oxygen atoms in total. The molecule has 3 heteroatoms. The molecule has 1 saturated carbocycles. The number of nitrogens with one attached hydrogen (secondary N) is 1. The minimum atomic E-state index is -0.407. The highest BCUT2D eigenvalue weighted by atomic mass is 16.5. The van der Waals surface area contributed by atoms with Gasteiger partial charge in [-0.2, -0.15) is 0 Å². The van der Waals surface area contributed by atoms with Crippen LogP contribution in [-0.2, 0) is 0 Å². The third-order valence-electron chi connectivity index (χ3n) is 2.96. The number of likely N-dealkylation sites (N-methyl/N-ethyl adjacent to an activating group) is 1. The monoisotopic (exact) mass is 207 g/mol. The van der Waals surface area contributed by atoms with Gasteiger partial charge in [-0.25, -0.2) is 0 Å². The average molecular weight is 207 g/mol.